The molecule has 2 nitrogen and oxygen atoms in total. The van der Waals surface area contributed by atoms with E-state index in [4.69, 9.17) is 0 Å². The van der Waals surface area contributed by atoms with Crippen LogP contribution in [0.4, 0.5) is 0 Å². The molecule has 2 rings (SSSR count). The van der Waals surface area contributed by atoms with Crippen molar-refractivity contribution in [2.75, 3.05) is 6.54 Å². The Balaban J connectivity index is 2.25. The third kappa shape index (κ3) is 0.856. The van der Waals surface area contributed by atoms with Gasteiger partial charge in [0, 0.05) is 6.42 Å². The molecule has 2 aliphatic heterocycles. The van der Waals surface area contributed by atoms with E-state index >= 15 is 0 Å². The molecule has 0 saturated heterocycles. The molecule has 0 fully saturated rings. The van der Waals surface area contributed by atoms with Crippen LogP contribution in [0.5, 0.6) is 0 Å². The van der Waals surface area contributed by atoms with Gasteiger partial charge in [0.2, 0.25) is 0 Å². The lowest BCUT2D eigenvalue weighted by Crippen LogP contribution is -2.71. The lowest BCUT2D eigenvalue weighted by molar-refractivity contribution is -0.452. The van der Waals surface area contributed by atoms with Crippen molar-refractivity contribution in [1.29, 1.82) is 0 Å². The number of dihydropyridines is 1. The van der Waals surface area contributed by atoms with Gasteiger partial charge in [-0.15, -0.1) is 0 Å². The van der Waals surface area contributed by atoms with Crippen LogP contribution in [0.1, 0.15) is 12.8 Å². The third-order valence-corrected chi connectivity index (χ3v) is 1.92. The first-order valence-electron chi connectivity index (χ1n) is 3.67. The Kier molecular flexibility index (Phi) is 1.31. The zero-order valence-electron chi connectivity index (χ0n) is 5.85. The Morgan fingerprint density at radius 1 is 1.50 bits per heavy atom. The molecular weight excluding hydrogens is 124 g/mol. The average molecular weight is 135 g/mol. The Hall–Kier alpha value is -1.05. The summed E-state index contributed by atoms with van der Waals surface area (Å²) >= 11 is 0. The molecule has 10 heavy (non-hydrogen) atoms. The largest absolute Gasteiger partial charge is 0.357 e. The molecule has 0 aromatic carbocycles. The molecule has 0 aromatic heterocycles. The predicted molar refractivity (Wildman–Crippen MR) is 40.4 cm³/mol. The van der Waals surface area contributed by atoms with Crippen molar-refractivity contribution in [2.45, 2.75) is 12.8 Å². The van der Waals surface area contributed by atoms with Crippen molar-refractivity contribution in [2.24, 2.45) is 0 Å². The first-order chi connectivity index (χ1) is 4.97. The van der Waals surface area contributed by atoms with Gasteiger partial charge in [-0.05, 0) is 18.2 Å². The first-order valence-corrected chi connectivity index (χ1v) is 3.67. The van der Waals surface area contributed by atoms with Gasteiger partial charge in [0.15, 0.2) is 6.21 Å². The molecule has 0 radical (unpaired) electrons. The lowest BCUT2D eigenvalue weighted by atomic mass is 10.0. The molecule has 0 bridgehead atoms. The zero-order valence-corrected chi connectivity index (χ0v) is 5.85. The summed E-state index contributed by atoms with van der Waals surface area (Å²) in [5.74, 6) is 0. The molecule has 0 saturated carbocycles. The zero-order chi connectivity index (χ0) is 6.81. The van der Waals surface area contributed by atoms with E-state index in [0.29, 0.717) is 0 Å². The minimum Gasteiger partial charge on any atom is -0.357 e. The van der Waals surface area contributed by atoms with Crippen molar-refractivity contribution in [3.8, 4) is 0 Å². The quantitative estimate of drug-likeness (QED) is 0.451. The molecule has 0 aromatic rings. The fourth-order valence-electron chi connectivity index (χ4n) is 1.34. The van der Waals surface area contributed by atoms with Gasteiger partial charge in [-0.2, -0.15) is 0 Å². The summed E-state index contributed by atoms with van der Waals surface area (Å²) < 4.78 is 0. The maximum atomic E-state index is 3.20. The summed E-state index contributed by atoms with van der Waals surface area (Å²) in [6.07, 6.45) is 8.53. The second kappa shape index (κ2) is 2.29. The summed E-state index contributed by atoms with van der Waals surface area (Å²) in [5.41, 5.74) is 2.80. The van der Waals surface area contributed by atoms with Crippen molar-refractivity contribution < 1.29 is 4.99 Å². The van der Waals surface area contributed by atoms with Gasteiger partial charge in [0.05, 0.1) is 0 Å². The maximum absolute atomic E-state index is 3.20. The summed E-state index contributed by atoms with van der Waals surface area (Å²) in [7, 11) is 0. The Morgan fingerprint density at radius 3 is 3.40 bits per heavy atom. The second-order valence-corrected chi connectivity index (χ2v) is 2.62. The molecule has 0 aliphatic carbocycles. The van der Waals surface area contributed by atoms with Gasteiger partial charge >= 0.3 is 0 Å². The molecular formula is C8H11N2+. The van der Waals surface area contributed by atoms with E-state index < -0.39 is 0 Å². The maximum Gasteiger partial charge on any atom is 0.185 e. The Bertz CT molecular complexity index is 223. The Labute approximate surface area is 60.3 Å². The minimum atomic E-state index is 1.09. The predicted octanol–water partition coefficient (Wildman–Crippen LogP) is -0.697. The van der Waals surface area contributed by atoms with Crippen molar-refractivity contribution in [1.82, 2.24) is 5.32 Å². The molecule has 2 heteroatoms. The topological polar surface area (TPSA) is 26.0 Å². The molecule has 0 unspecified atom stereocenters. The van der Waals surface area contributed by atoms with Gasteiger partial charge in [-0.25, -0.2) is 4.99 Å². The number of rotatable bonds is 0. The summed E-state index contributed by atoms with van der Waals surface area (Å²) in [5, 5.41) is 3.20. The smallest absolute Gasteiger partial charge is 0.185 e. The van der Waals surface area contributed by atoms with Gasteiger partial charge < -0.3 is 5.32 Å². The molecule has 2 N–H and O–H groups in total. The second-order valence-electron chi connectivity index (χ2n) is 2.62. The summed E-state index contributed by atoms with van der Waals surface area (Å²) in [6, 6.07) is 0. The van der Waals surface area contributed by atoms with E-state index in [1.54, 1.807) is 0 Å². The van der Waals surface area contributed by atoms with Crippen LogP contribution in [0.2, 0.25) is 0 Å². The van der Waals surface area contributed by atoms with E-state index in [-0.39, 0.29) is 0 Å². The molecule has 52 valence electrons. The van der Waals surface area contributed by atoms with Gasteiger partial charge in [-0.3, -0.25) is 0 Å². The first kappa shape index (κ1) is 5.71. The number of hydrogen-bond acceptors (Lipinski definition) is 1. The third-order valence-electron chi connectivity index (χ3n) is 1.92. The molecule has 0 atom stereocenters. The molecule has 0 amide bonds. The number of allylic oxidation sites excluding steroid dienone is 2. The average Bonchev–Trinajstić information content (AvgIpc) is 2.05. The van der Waals surface area contributed by atoms with Crippen LogP contribution < -0.4 is 10.3 Å². The SMILES string of the molecule is C1=CNC2=C(C1)CC[NH+]=C2. The van der Waals surface area contributed by atoms with Crippen molar-refractivity contribution in [3.05, 3.63) is 23.5 Å². The van der Waals surface area contributed by atoms with E-state index in [1.807, 2.05) is 6.20 Å². The van der Waals surface area contributed by atoms with Crippen molar-refractivity contribution in [3.63, 3.8) is 0 Å². The van der Waals surface area contributed by atoms with E-state index in [9.17, 15) is 0 Å². The minimum absolute atomic E-state index is 1.09. The van der Waals surface area contributed by atoms with Crippen LogP contribution in [-0.4, -0.2) is 12.8 Å². The fraction of sp³-hybridized carbons (Fsp3) is 0.375. The standard InChI is InChI=1S/C8H10N2/c1-2-7-3-5-9-6-8(7)10-4-1/h1,4,6,10H,2-3,5H2/p+1. The Morgan fingerprint density at radius 2 is 2.50 bits per heavy atom. The van der Waals surface area contributed by atoms with Gasteiger partial charge in [0.1, 0.15) is 12.2 Å². The van der Waals surface area contributed by atoms with Crippen LogP contribution in [0.3, 0.4) is 0 Å². The van der Waals surface area contributed by atoms with Crippen LogP contribution in [0, 0.1) is 0 Å². The fourth-order valence-corrected chi connectivity index (χ4v) is 1.34. The van der Waals surface area contributed by atoms with E-state index in [2.05, 4.69) is 22.6 Å². The number of hydrogen-bond donors (Lipinski definition) is 2. The monoisotopic (exact) mass is 135 g/mol. The van der Waals surface area contributed by atoms with Crippen molar-refractivity contribution >= 4 is 6.21 Å². The highest BCUT2D eigenvalue weighted by molar-refractivity contribution is 5.75. The summed E-state index contributed by atoms with van der Waals surface area (Å²) in [6.45, 7) is 1.09. The highest BCUT2D eigenvalue weighted by Gasteiger charge is 2.12. The van der Waals surface area contributed by atoms with Crippen LogP contribution >= 0.6 is 0 Å². The highest BCUT2D eigenvalue weighted by atomic mass is 14.9. The molecule has 2 aliphatic rings. The van der Waals surface area contributed by atoms with Gasteiger partial charge in [0.25, 0.3) is 0 Å². The highest BCUT2D eigenvalue weighted by Crippen LogP contribution is 2.13. The van der Waals surface area contributed by atoms with Crippen LogP contribution in [0.25, 0.3) is 0 Å². The van der Waals surface area contributed by atoms with Crippen LogP contribution in [-0.2, 0) is 0 Å². The number of nitrogens with one attached hydrogen (secondary N) is 2. The molecule has 2 heterocycles. The van der Waals surface area contributed by atoms with E-state index in [1.165, 1.54) is 17.7 Å². The van der Waals surface area contributed by atoms with E-state index in [0.717, 1.165) is 13.0 Å². The lowest BCUT2D eigenvalue weighted by Gasteiger charge is -2.13. The normalized spacial score (nSPS) is 22.4. The molecule has 0 spiro atoms. The van der Waals surface area contributed by atoms with Gasteiger partial charge in [-0.1, -0.05) is 6.08 Å². The summed E-state index contributed by atoms with van der Waals surface area (Å²) in [4.78, 5) is 3.20. The van der Waals surface area contributed by atoms with Crippen LogP contribution in [0.15, 0.2) is 23.5 Å².